The Balaban J connectivity index is 1.91. The lowest BCUT2D eigenvalue weighted by molar-refractivity contribution is 0.322. The summed E-state index contributed by atoms with van der Waals surface area (Å²) in [4.78, 5) is 4.16. The molecule has 6 nitrogen and oxygen atoms in total. The summed E-state index contributed by atoms with van der Waals surface area (Å²) in [7, 11) is -3.04. The number of nitrogen functional groups attached to an aromatic ring is 1. The van der Waals surface area contributed by atoms with Gasteiger partial charge in [-0.25, -0.2) is 8.42 Å². The number of halogens is 1. The summed E-state index contributed by atoms with van der Waals surface area (Å²) >= 11 is 6.43. The molecular weight excluding hydrogens is 396 g/mol. The van der Waals surface area contributed by atoms with Crippen LogP contribution in [0, 0.1) is 18.3 Å². The molecule has 0 atom stereocenters. The standard InChI is InChI=1S/C20H19ClN4O2S/c1-11-3-19-15(4-12(11)7-22)17(16-8-24-9-18(23)20(16)21)10-25(19)13-5-14(6-13)28(2,26)27/h3-4,8-10,13-14H,5-6,23H2,1-2H3/t13-,14+. The van der Waals surface area contributed by atoms with Crippen LogP contribution in [0.4, 0.5) is 5.69 Å². The van der Waals surface area contributed by atoms with Gasteiger partial charge in [-0.15, -0.1) is 0 Å². The van der Waals surface area contributed by atoms with Gasteiger partial charge in [-0.2, -0.15) is 5.26 Å². The fourth-order valence-corrected chi connectivity index (χ4v) is 5.14. The summed E-state index contributed by atoms with van der Waals surface area (Å²) in [5, 5.41) is 10.4. The zero-order valence-electron chi connectivity index (χ0n) is 15.5. The van der Waals surface area contributed by atoms with Crippen molar-refractivity contribution in [2.45, 2.75) is 31.1 Å². The number of fused-ring (bicyclic) bond motifs is 1. The van der Waals surface area contributed by atoms with Crippen molar-refractivity contribution in [2.75, 3.05) is 12.0 Å². The summed E-state index contributed by atoms with van der Waals surface area (Å²) in [6.07, 6.45) is 7.56. The normalized spacial score (nSPS) is 19.4. The highest BCUT2D eigenvalue weighted by Gasteiger charge is 2.38. The molecule has 4 rings (SSSR count). The molecule has 8 heteroatoms. The quantitative estimate of drug-likeness (QED) is 0.700. The average molecular weight is 415 g/mol. The van der Waals surface area contributed by atoms with E-state index < -0.39 is 9.84 Å². The predicted molar refractivity (Wildman–Crippen MR) is 111 cm³/mol. The van der Waals surface area contributed by atoms with Crippen LogP contribution in [0.15, 0.2) is 30.7 Å². The Kier molecular flexibility index (Phi) is 4.36. The van der Waals surface area contributed by atoms with Gasteiger partial charge in [0.15, 0.2) is 0 Å². The summed E-state index contributed by atoms with van der Waals surface area (Å²) in [6, 6.07) is 6.12. The minimum absolute atomic E-state index is 0.0797. The molecule has 1 aromatic carbocycles. The van der Waals surface area contributed by atoms with E-state index in [0.29, 0.717) is 34.7 Å². The first-order chi connectivity index (χ1) is 13.2. The second-order valence-electron chi connectivity index (χ2n) is 7.41. The number of nitrogens with two attached hydrogens (primary N) is 1. The lowest BCUT2D eigenvalue weighted by atomic mass is 9.92. The molecule has 3 aromatic rings. The van der Waals surface area contributed by atoms with E-state index in [1.807, 2.05) is 25.3 Å². The number of sulfone groups is 1. The highest BCUT2D eigenvalue weighted by atomic mass is 35.5. The Morgan fingerprint density at radius 2 is 2.00 bits per heavy atom. The summed E-state index contributed by atoms with van der Waals surface area (Å²) in [6.45, 7) is 1.89. The third kappa shape index (κ3) is 2.93. The second-order valence-corrected chi connectivity index (χ2v) is 10.1. The average Bonchev–Trinajstić information content (AvgIpc) is 2.92. The molecule has 28 heavy (non-hydrogen) atoms. The van der Waals surface area contributed by atoms with E-state index >= 15 is 0 Å². The molecule has 1 aliphatic carbocycles. The zero-order valence-corrected chi connectivity index (χ0v) is 17.0. The van der Waals surface area contributed by atoms with Crippen molar-refractivity contribution in [3.8, 4) is 17.2 Å². The van der Waals surface area contributed by atoms with Gasteiger partial charge in [-0.05, 0) is 37.5 Å². The fourth-order valence-electron chi connectivity index (χ4n) is 3.80. The monoisotopic (exact) mass is 414 g/mol. The van der Waals surface area contributed by atoms with Crippen LogP contribution in [0.25, 0.3) is 22.0 Å². The van der Waals surface area contributed by atoms with Gasteiger partial charge in [0.2, 0.25) is 0 Å². The largest absolute Gasteiger partial charge is 0.396 e. The number of aromatic nitrogens is 2. The first-order valence-corrected chi connectivity index (χ1v) is 11.2. The molecule has 1 saturated carbocycles. The van der Waals surface area contributed by atoms with E-state index in [1.165, 1.54) is 12.5 Å². The number of hydrogen-bond donors (Lipinski definition) is 1. The number of nitriles is 1. The molecule has 0 saturated heterocycles. The van der Waals surface area contributed by atoms with Crippen LogP contribution in [-0.2, 0) is 9.84 Å². The third-order valence-corrected chi connectivity index (χ3v) is 7.58. The second kappa shape index (κ2) is 6.50. The topological polar surface area (TPSA) is 102 Å². The van der Waals surface area contributed by atoms with Crippen molar-refractivity contribution in [1.29, 1.82) is 5.26 Å². The molecule has 0 unspecified atom stereocenters. The van der Waals surface area contributed by atoms with Crippen LogP contribution in [0.1, 0.15) is 30.0 Å². The van der Waals surface area contributed by atoms with Gasteiger partial charge in [0.05, 0.1) is 33.8 Å². The van der Waals surface area contributed by atoms with Crippen molar-refractivity contribution in [1.82, 2.24) is 9.55 Å². The van der Waals surface area contributed by atoms with Gasteiger partial charge in [-0.3, -0.25) is 4.98 Å². The number of pyridine rings is 1. The van der Waals surface area contributed by atoms with E-state index in [-0.39, 0.29) is 11.3 Å². The molecular formula is C20H19ClN4O2S. The SMILES string of the molecule is Cc1cc2c(cc1C#N)c(-c1cncc(N)c1Cl)cn2[C@H]1C[C@@H](S(C)(=O)=O)C1. The van der Waals surface area contributed by atoms with E-state index in [4.69, 9.17) is 17.3 Å². The Bertz CT molecular complexity index is 1250. The highest BCUT2D eigenvalue weighted by molar-refractivity contribution is 7.91. The molecule has 144 valence electrons. The maximum atomic E-state index is 11.8. The number of aryl methyl sites for hydroxylation is 1. The van der Waals surface area contributed by atoms with Crippen LogP contribution in [0.2, 0.25) is 5.02 Å². The lowest BCUT2D eigenvalue weighted by Crippen LogP contribution is -2.36. The predicted octanol–water partition coefficient (Wildman–Crippen LogP) is 3.87. The highest BCUT2D eigenvalue weighted by Crippen LogP contribution is 2.43. The van der Waals surface area contributed by atoms with Crippen LogP contribution in [0.5, 0.6) is 0 Å². The Hall–Kier alpha value is -2.56. The fraction of sp³-hybridized carbons (Fsp3) is 0.300. The smallest absolute Gasteiger partial charge is 0.150 e. The van der Waals surface area contributed by atoms with E-state index in [0.717, 1.165) is 22.0 Å². The van der Waals surface area contributed by atoms with Crippen LogP contribution >= 0.6 is 11.6 Å². The Morgan fingerprint density at radius 1 is 1.29 bits per heavy atom. The van der Waals surface area contributed by atoms with Gasteiger partial charge in [-0.1, -0.05) is 11.6 Å². The van der Waals surface area contributed by atoms with Crippen LogP contribution < -0.4 is 5.73 Å². The van der Waals surface area contributed by atoms with Crippen molar-refractivity contribution in [2.24, 2.45) is 0 Å². The van der Waals surface area contributed by atoms with Crippen LogP contribution in [-0.4, -0.2) is 29.5 Å². The molecule has 2 aromatic heterocycles. The molecule has 0 aliphatic heterocycles. The molecule has 1 aliphatic rings. The van der Waals surface area contributed by atoms with Gasteiger partial charge in [0, 0.05) is 46.7 Å². The van der Waals surface area contributed by atoms with E-state index in [9.17, 15) is 13.7 Å². The first-order valence-electron chi connectivity index (χ1n) is 8.84. The van der Waals surface area contributed by atoms with Gasteiger partial charge in [0.25, 0.3) is 0 Å². The molecule has 2 heterocycles. The van der Waals surface area contributed by atoms with Crippen LogP contribution in [0.3, 0.4) is 0 Å². The number of nitrogens with zero attached hydrogens (tertiary/aromatic N) is 3. The molecule has 0 radical (unpaired) electrons. The number of rotatable bonds is 3. The summed E-state index contributed by atoms with van der Waals surface area (Å²) < 4.78 is 25.7. The van der Waals surface area contributed by atoms with Crippen molar-refractivity contribution in [3.63, 3.8) is 0 Å². The number of benzene rings is 1. The first kappa shape index (κ1) is 18.8. The molecule has 0 spiro atoms. The minimum Gasteiger partial charge on any atom is -0.396 e. The summed E-state index contributed by atoms with van der Waals surface area (Å²) in [5.41, 5.74) is 10.2. The van der Waals surface area contributed by atoms with E-state index in [1.54, 1.807) is 6.20 Å². The summed E-state index contributed by atoms with van der Waals surface area (Å²) in [5.74, 6) is 0. The third-order valence-electron chi connectivity index (χ3n) is 5.57. The number of hydrogen-bond acceptors (Lipinski definition) is 5. The lowest BCUT2D eigenvalue weighted by Gasteiger charge is -2.35. The maximum Gasteiger partial charge on any atom is 0.150 e. The zero-order chi connectivity index (χ0) is 20.2. The number of anilines is 1. The Morgan fingerprint density at radius 3 is 2.64 bits per heavy atom. The van der Waals surface area contributed by atoms with Gasteiger partial charge in [0.1, 0.15) is 9.84 Å². The van der Waals surface area contributed by atoms with Gasteiger partial charge >= 0.3 is 0 Å². The molecule has 1 fully saturated rings. The molecule has 0 bridgehead atoms. The maximum absolute atomic E-state index is 11.8. The molecule has 2 N–H and O–H groups in total. The van der Waals surface area contributed by atoms with Crippen molar-refractivity contribution >= 4 is 38.0 Å². The minimum atomic E-state index is -3.04. The Labute approximate surface area is 168 Å². The van der Waals surface area contributed by atoms with Crippen molar-refractivity contribution < 1.29 is 8.42 Å². The van der Waals surface area contributed by atoms with E-state index in [2.05, 4.69) is 15.6 Å². The van der Waals surface area contributed by atoms with Crippen molar-refractivity contribution in [3.05, 3.63) is 46.9 Å². The molecule has 0 amide bonds. The van der Waals surface area contributed by atoms with Gasteiger partial charge < -0.3 is 10.3 Å².